The van der Waals surface area contributed by atoms with Crippen molar-refractivity contribution in [3.8, 4) is 17.1 Å². The highest BCUT2D eigenvalue weighted by molar-refractivity contribution is 6.31. The number of amides is 1. The second-order valence-corrected chi connectivity index (χ2v) is 16.0. The number of halogens is 2. The summed E-state index contributed by atoms with van der Waals surface area (Å²) in [4.78, 5) is 37.0. The van der Waals surface area contributed by atoms with E-state index < -0.39 is 12.1 Å². The second-order valence-electron chi connectivity index (χ2n) is 15.1. The van der Waals surface area contributed by atoms with Crippen LogP contribution in [-0.4, -0.2) is 66.3 Å². The second kappa shape index (κ2) is 17.7. The molecule has 306 valence electrons. The first-order valence-electron chi connectivity index (χ1n) is 20.2. The number of unbranched alkanes of at least 4 members (excludes halogenated alkanes) is 1. The number of nitrogens with one attached hydrogen (secondary N) is 1. The van der Waals surface area contributed by atoms with Crippen molar-refractivity contribution < 1.29 is 14.3 Å². The van der Waals surface area contributed by atoms with E-state index in [0.717, 1.165) is 76.4 Å². The third kappa shape index (κ3) is 8.39. The Morgan fingerprint density at radius 1 is 0.700 bits per heavy atom. The first-order valence-corrected chi connectivity index (χ1v) is 21.0. The van der Waals surface area contributed by atoms with Gasteiger partial charge in [-0.25, -0.2) is 0 Å². The standard InChI is InChI=1S/C46H45Cl2N9O3/c1-5-8-34(58)24-38-45-54-52-27(2)56(45)40-20-10-29(23-36(40)43(50-38)30-11-15-32(47)16-12-30)9-6-7-22-49-42(59)26-39-46-55-53-28(3)57(46)41-21-19-35(60-4)25-37(41)44(51-39)31-13-17-33(48)18-14-31/h10-21,23,25,38-39H,5-9,22,24,26H2,1-4H3,(H,49,59)/t38-,39-/m0/s1. The number of Topliss-reactive ketones (excluding diaryl/α,β-unsaturated/α-hetero) is 1. The number of hydrogen-bond acceptors (Lipinski definition) is 9. The van der Waals surface area contributed by atoms with E-state index in [0.29, 0.717) is 51.9 Å². The molecule has 14 heteroatoms. The smallest absolute Gasteiger partial charge is 0.222 e. The zero-order valence-corrected chi connectivity index (χ0v) is 35.5. The monoisotopic (exact) mass is 841 g/mol. The summed E-state index contributed by atoms with van der Waals surface area (Å²) in [5.41, 5.74) is 7.93. The number of carbonyl (C=O) groups is 2. The average Bonchev–Trinajstić information content (AvgIpc) is 3.75. The molecule has 4 heterocycles. The van der Waals surface area contributed by atoms with Crippen molar-refractivity contribution in [3.63, 3.8) is 0 Å². The number of rotatable bonds is 14. The van der Waals surface area contributed by atoms with E-state index in [9.17, 15) is 9.59 Å². The minimum Gasteiger partial charge on any atom is -0.497 e. The Morgan fingerprint density at radius 3 is 1.82 bits per heavy atom. The fourth-order valence-electron chi connectivity index (χ4n) is 7.98. The molecule has 12 nitrogen and oxygen atoms in total. The van der Waals surface area contributed by atoms with E-state index in [4.69, 9.17) is 37.9 Å². The van der Waals surface area contributed by atoms with Gasteiger partial charge in [-0.1, -0.05) is 60.5 Å². The number of hydrogen-bond donors (Lipinski definition) is 1. The molecular weight excluding hydrogens is 797 g/mol. The number of fused-ring (bicyclic) bond motifs is 6. The van der Waals surface area contributed by atoms with E-state index in [1.165, 1.54) is 0 Å². The van der Waals surface area contributed by atoms with Crippen LogP contribution >= 0.6 is 23.2 Å². The summed E-state index contributed by atoms with van der Waals surface area (Å²) in [5.74, 6) is 3.36. The number of methoxy groups -OCH3 is 1. The van der Waals surface area contributed by atoms with Gasteiger partial charge in [-0.2, -0.15) is 0 Å². The number of carbonyl (C=O) groups excluding carboxylic acids is 2. The lowest BCUT2D eigenvalue weighted by molar-refractivity contribution is -0.121. The Labute approximate surface area is 358 Å². The Balaban J connectivity index is 0.988. The molecular formula is C46H45Cl2N9O3. The van der Waals surface area contributed by atoms with Crippen LogP contribution in [0.15, 0.2) is 94.9 Å². The molecule has 0 bridgehead atoms. The van der Waals surface area contributed by atoms with Crippen LogP contribution in [0.2, 0.25) is 10.0 Å². The van der Waals surface area contributed by atoms with Gasteiger partial charge in [-0.3, -0.25) is 28.7 Å². The van der Waals surface area contributed by atoms with E-state index in [2.05, 4.69) is 43.9 Å². The molecule has 1 amide bonds. The molecule has 0 unspecified atom stereocenters. The van der Waals surface area contributed by atoms with Crippen molar-refractivity contribution >= 4 is 46.3 Å². The van der Waals surface area contributed by atoms with Crippen LogP contribution in [0.1, 0.15) is 109 Å². The van der Waals surface area contributed by atoms with E-state index in [-0.39, 0.29) is 24.5 Å². The molecule has 0 saturated carbocycles. The molecule has 0 radical (unpaired) electrons. The summed E-state index contributed by atoms with van der Waals surface area (Å²) in [5, 5.41) is 22.2. The minimum atomic E-state index is -0.592. The number of ketones is 1. The summed E-state index contributed by atoms with van der Waals surface area (Å²) >= 11 is 12.6. The molecule has 1 N–H and O–H groups in total. The zero-order chi connectivity index (χ0) is 41.9. The number of aromatic nitrogens is 6. The lowest BCUT2D eigenvalue weighted by atomic mass is 9.96. The summed E-state index contributed by atoms with van der Waals surface area (Å²) in [6.07, 6.45) is 3.98. The SMILES string of the molecule is CCCC(=O)C[C@@H]1N=C(c2ccc(Cl)cc2)c2cc(CCCCNC(=O)C[C@@H]3N=C(c4ccc(Cl)cc4)c4cc(OC)ccc4-n4c(C)nnc43)ccc2-n2c(C)nnc21. The number of aryl methyl sites for hydroxylation is 3. The van der Waals surface area contributed by atoms with Gasteiger partial charge in [0, 0.05) is 51.7 Å². The maximum Gasteiger partial charge on any atom is 0.222 e. The van der Waals surface area contributed by atoms with Crippen molar-refractivity contribution in [2.24, 2.45) is 9.98 Å². The highest BCUT2D eigenvalue weighted by Crippen LogP contribution is 2.36. The first-order chi connectivity index (χ1) is 29.1. The zero-order valence-electron chi connectivity index (χ0n) is 34.0. The van der Waals surface area contributed by atoms with Gasteiger partial charge in [0.05, 0.1) is 36.3 Å². The highest BCUT2D eigenvalue weighted by atomic mass is 35.5. The Kier molecular flexibility index (Phi) is 12.0. The third-order valence-electron chi connectivity index (χ3n) is 10.9. The van der Waals surface area contributed by atoms with Gasteiger partial charge >= 0.3 is 0 Å². The average molecular weight is 843 g/mol. The number of ether oxygens (including phenoxy) is 1. The summed E-state index contributed by atoms with van der Waals surface area (Å²) in [6, 6.07) is 26.3. The van der Waals surface area contributed by atoms with Gasteiger partial charge in [0.2, 0.25) is 5.91 Å². The van der Waals surface area contributed by atoms with Gasteiger partial charge in [0.25, 0.3) is 0 Å². The predicted octanol–water partition coefficient (Wildman–Crippen LogP) is 8.85. The molecule has 0 saturated heterocycles. The molecule has 4 aromatic carbocycles. The van der Waals surface area contributed by atoms with E-state index >= 15 is 0 Å². The molecule has 8 rings (SSSR count). The van der Waals surface area contributed by atoms with Crippen molar-refractivity contribution in [3.05, 3.63) is 146 Å². The van der Waals surface area contributed by atoms with Gasteiger partial charge in [0.1, 0.15) is 35.3 Å². The van der Waals surface area contributed by atoms with Crippen LogP contribution in [0.5, 0.6) is 5.75 Å². The summed E-state index contributed by atoms with van der Waals surface area (Å²) < 4.78 is 9.60. The van der Waals surface area contributed by atoms with Crippen molar-refractivity contribution in [1.82, 2.24) is 34.8 Å². The number of benzene rings is 4. The van der Waals surface area contributed by atoms with Crippen molar-refractivity contribution in [2.45, 2.75) is 77.8 Å². The van der Waals surface area contributed by atoms with E-state index in [1.54, 1.807) is 7.11 Å². The third-order valence-corrected chi connectivity index (χ3v) is 11.4. The molecule has 6 aromatic rings. The van der Waals surface area contributed by atoms with E-state index in [1.807, 2.05) is 96.6 Å². The van der Waals surface area contributed by atoms with Crippen LogP contribution in [-0.2, 0) is 16.0 Å². The Hall–Kier alpha value is -5.98. The van der Waals surface area contributed by atoms with Crippen LogP contribution in [0.4, 0.5) is 0 Å². The Morgan fingerprint density at radius 2 is 1.25 bits per heavy atom. The van der Waals surface area contributed by atoms with Gasteiger partial charge in [-0.15, -0.1) is 20.4 Å². The van der Waals surface area contributed by atoms with Crippen LogP contribution < -0.4 is 10.1 Å². The quantitative estimate of drug-likeness (QED) is 0.108. The molecule has 60 heavy (non-hydrogen) atoms. The lowest BCUT2D eigenvalue weighted by Crippen LogP contribution is -2.26. The highest BCUT2D eigenvalue weighted by Gasteiger charge is 2.31. The largest absolute Gasteiger partial charge is 0.497 e. The molecule has 2 atom stereocenters. The van der Waals surface area contributed by atoms with Gasteiger partial charge in [-0.05, 0) is 99.7 Å². The Bertz CT molecular complexity index is 2630. The fraction of sp³-hybridized carbons (Fsp3) is 0.304. The van der Waals surface area contributed by atoms with Gasteiger partial charge < -0.3 is 10.1 Å². The van der Waals surface area contributed by atoms with Gasteiger partial charge in [0.15, 0.2) is 11.6 Å². The molecule has 2 aromatic heterocycles. The first kappa shape index (κ1) is 40.8. The molecule has 0 aliphatic carbocycles. The normalized spacial score (nSPS) is 15.4. The van der Waals surface area contributed by atoms with Crippen molar-refractivity contribution in [2.75, 3.05) is 13.7 Å². The minimum absolute atomic E-state index is 0.0908. The summed E-state index contributed by atoms with van der Waals surface area (Å²) in [7, 11) is 1.63. The topological polar surface area (TPSA) is 142 Å². The molecule has 0 fully saturated rings. The maximum absolute atomic E-state index is 13.6. The number of aliphatic imine (C=N–C) groups is 2. The van der Waals surface area contributed by atoms with Crippen LogP contribution in [0.25, 0.3) is 11.4 Å². The lowest BCUT2D eigenvalue weighted by Gasteiger charge is -2.15. The molecule has 2 aliphatic heterocycles. The van der Waals surface area contributed by atoms with Crippen LogP contribution in [0, 0.1) is 13.8 Å². The summed E-state index contributed by atoms with van der Waals surface area (Å²) in [6.45, 7) is 6.32. The maximum atomic E-state index is 13.6. The fourth-order valence-corrected chi connectivity index (χ4v) is 8.23. The molecule has 0 spiro atoms. The number of nitrogens with zero attached hydrogens (tertiary/aromatic N) is 8. The van der Waals surface area contributed by atoms with Crippen LogP contribution in [0.3, 0.4) is 0 Å². The molecule has 2 aliphatic rings. The predicted molar refractivity (Wildman–Crippen MR) is 234 cm³/mol. The van der Waals surface area contributed by atoms with Crippen molar-refractivity contribution in [1.29, 1.82) is 0 Å².